The van der Waals surface area contributed by atoms with Crippen molar-refractivity contribution >= 4 is 46.0 Å². The molecule has 0 fully saturated rings. The first kappa shape index (κ1) is 17.0. The van der Waals surface area contributed by atoms with E-state index >= 15 is 0 Å². The topological polar surface area (TPSA) is 17.8 Å². The van der Waals surface area contributed by atoms with E-state index in [1.807, 2.05) is 30.8 Å². The molecule has 0 aliphatic rings. The SMILES string of the molecule is CCC(CC)(Cn1c(C(C)Cl)nc2c(Cl)cccc21)SC. The Morgan fingerprint density at radius 3 is 2.52 bits per heavy atom. The first-order chi connectivity index (χ1) is 9.98. The van der Waals surface area contributed by atoms with Crippen LogP contribution in [-0.4, -0.2) is 20.6 Å². The van der Waals surface area contributed by atoms with Gasteiger partial charge in [0.05, 0.1) is 15.9 Å². The van der Waals surface area contributed by atoms with Crippen molar-refractivity contribution in [1.82, 2.24) is 9.55 Å². The second-order valence-corrected chi connectivity index (χ2v) is 7.71. The Balaban J connectivity index is 2.61. The fraction of sp³-hybridized carbons (Fsp3) is 0.562. The number of fused-ring (bicyclic) bond motifs is 1. The number of thioether (sulfide) groups is 1. The van der Waals surface area contributed by atoms with Crippen LogP contribution in [0.15, 0.2) is 18.2 Å². The summed E-state index contributed by atoms with van der Waals surface area (Å²) in [6, 6.07) is 5.93. The van der Waals surface area contributed by atoms with E-state index in [0.29, 0.717) is 5.02 Å². The van der Waals surface area contributed by atoms with Gasteiger partial charge in [0.2, 0.25) is 0 Å². The third kappa shape index (κ3) is 3.20. The van der Waals surface area contributed by atoms with E-state index in [9.17, 15) is 0 Å². The van der Waals surface area contributed by atoms with Crippen LogP contribution in [-0.2, 0) is 6.54 Å². The lowest BCUT2D eigenvalue weighted by molar-refractivity contribution is 0.463. The fourth-order valence-corrected chi connectivity index (χ4v) is 3.93. The van der Waals surface area contributed by atoms with Gasteiger partial charge in [-0.2, -0.15) is 11.8 Å². The van der Waals surface area contributed by atoms with Crippen LogP contribution in [0.4, 0.5) is 0 Å². The average molecular weight is 345 g/mol. The highest BCUT2D eigenvalue weighted by atomic mass is 35.5. The van der Waals surface area contributed by atoms with Crippen LogP contribution >= 0.6 is 35.0 Å². The highest BCUT2D eigenvalue weighted by Gasteiger charge is 2.28. The minimum absolute atomic E-state index is 0.137. The highest BCUT2D eigenvalue weighted by molar-refractivity contribution is 8.00. The van der Waals surface area contributed by atoms with Gasteiger partial charge < -0.3 is 4.57 Å². The quantitative estimate of drug-likeness (QED) is 0.606. The monoisotopic (exact) mass is 344 g/mol. The van der Waals surface area contributed by atoms with E-state index in [1.165, 1.54) is 0 Å². The minimum Gasteiger partial charge on any atom is -0.325 e. The smallest absolute Gasteiger partial charge is 0.127 e. The number of halogens is 2. The fourth-order valence-electron chi connectivity index (χ4n) is 2.72. The number of benzene rings is 1. The molecule has 0 bridgehead atoms. The highest BCUT2D eigenvalue weighted by Crippen LogP contribution is 2.36. The van der Waals surface area contributed by atoms with Crippen LogP contribution in [0, 0.1) is 0 Å². The maximum atomic E-state index is 6.36. The maximum absolute atomic E-state index is 6.36. The summed E-state index contributed by atoms with van der Waals surface area (Å²) in [6.45, 7) is 7.36. The third-order valence-electron chi connectivity index (χ3n) is 4.28. The van der Waals surface area contributed by atoms with Gasteiger partial charge in [-0.1, -0.05) is 31.5 Å². The zero-order valence-electron chi connectivity index (χ0n) is 13.0. The Hall–Kier alpha value is -0.380. The van der Waals surface area contributed by atoms with Gasteiger partial charge in [0.15, 0.2) is 0 Å². The summed E-state index contributed by atoms with van der Waals surface area (Å²) in [4.78, 5) is 4.69. The molecule has 1 atom stereocenters. The number of imidazole rings is 1. The van der Waals surface area contributed by atoms with Crippen LogP contribution in [0.2, 0.25) is 5.02 Å². The van der Waals surface area contributed by atoms with Gasteiger partial charge in [-0.25, -0.2) is 4.98 Å². The molecule has 1 unspecified atom stereocenters. The van der Waals surface area contributed by atoms with Crippen molar-refractivity contribution < 1.29 is 0 Å². The molecule has 0 amide bonds. The van der Waals surface area contributed by atoms with Crippen LogP contribution in [0.5, 0.6) is 0 Å². The molecule has 0 saturated heterocycles. The number of nitrogens with zero attached hydrogens (tertiary/aromatic N) is 2. The van der Waals surface area contributed by atoms with E-state index < -0.39 is 0 Å². The molecule has 0 radical (unpaired) electrons. The van der Waals surface area contributed by atoms with E-state index in [0.717, 1.165) is 36.2 Å². The first-order valence-electron chi connectivity index (χ1n) is 7.32. The molecule has 116 valence electrons. The first-order valence-corrected chi connectivity index (χ1v) is 9.35. The molecular formula is C16H22Cl2N2S. The Bertz CT molecular complexity index is 610. The van der Waals surface area contributed by atoms with E-state index in [4.69, 9.17) is 23.2 Å². The summed E-state index contributed by atoms with van der Waals surface area (Å²) in [5.41, 5.74) is 1.93. The molecular weight excluding hydrogens is 323 g/mol. The molecule has 5 heteroatoms. The molecule has 0 saturated carbocycles. The second kappa shape index (κ2) is 6.80. The number of alkyl halides is 1. The van der Waals surface area contributed by atoms with Gasteiger partial charge in [0.25, 0.3) is 0 Å². The van der Waals surface area contributed by atoms with Gasteiger partial charge in [-0.05, 0) is 38.2 Å². The maximum Gasteiger partial charge on any atom is 0.127 e. The van der Waals surface area contributed by atoms with Gasteiger partial charge in [0, 0.05) is 11.3 Å². The van der Waals surface area contributed by atoms with Gasteiger partial charge in [-0.15, -0.1) is 11.6 Å². The Morgan fingerprint density at radius 2 is 2.00 bits per heavy atom. The normalized spacial score (nSPS) is 13.8. The third-order valence-corrected chi connectivity index (χ3v) is 6.36. The average Bonchev–Trinajstić information content (AvgIpc) is 2.85. The van der Waals surface area contributed by atoms with Crippen molar-refractivity contribution in [3.05, 3.63) is 29.0 Å². The lowest BCUT2D eigenvalue weighted by Gasteiger charge is -2.31. The van der Waals surface area contributed by atoms with Crippen molar-refractivity contribution in [2.45, 2.75) is 50.3 Å². The van der Waals surface area contributed by atoms with Crippen LogP contribution < -0.4 is 0 Å². The standard InChI is InChI=1S/C16H22Cl2N2S/c1-5-16(6-2,21-4)10-20-13-9-7-8-12(18)14(13)19-15(20)11(3)17/h7-9,11H,5-6,10H2,1-4H3. The summed E-state index contributed by atoms with van der Waals surface area (Å²) < 4.78 is 2.46. The summed E-state index contributed by atoms with van der Waals surface area (Å²) in [5, 5.41) is 0.550. The Labute approximate surface area is 141 Å². The molecule has 0 aliphatic heterocycles. The largest absolute Gasteiger partial charge is 0.325 e. The number of aromatic nitrogens is 2. The van der Waals surface area contributed by atoms with Crippen molar-refractivity contribution in [2.75, 3.05) is 6.26 Å². The summed E-state index contributed by atoms with van der Waals surface area (Å²) >= 11 is 14.6. The number of hydrogen-bond acceptors (Lipinski definition) is 2. The van der Waals surface area contributed by atoms with Crippen LogP contribution in [0.3, 0.4) is 0 Å². The molecule has 0 aliphatic carbocycles. The molecule has 1 aromatic heterocycles. The van der Waals surface area contributed by atoms with Crippen LogP contribution in [0.25, 0.3) is 11.0 Å². The molecule has 2 rings (SSSR count). The molecule has 2 aromatic rings. The predicted molar refractivity (Wildman–Crippen MR) is 95.8 cm³/mol. The van der Waals surface area contributed by atoms with Crippen molar-refractivity contribution in [2.24, 2.45) is 0 Å². The van der Waals surface area contributed by atoms with Crippen LogP contribution in [0.1, 0.15) is 44.8 Å². The predicted octanol–water partition coefficient (Wildman–Crippen LogP) is 5.91. The molecule has 21 heavy (non-hydrogen) atoms. The number of rotatable bonds is 6. The number of hydrogen-bond donors (Lipinski definition) is 0. The lowest BCUT2D eigenvalue weighted by Crippen LogP contribution is -2.29. The van der Waals surface area contributed by atoms with E-state index in [-0.39, 0.29) is 10.1 Å². The zero-order chi connectivity index (χ0) is 15.6. The minimum atomic E-state index is -0.137. The Kier molecular flexibility index (Phi) is 5.50. The number of para-hydroxylation sites is 1. The van der Waals surface area contributed by atoms with E-state index in [1.54, 1.807) is 0 Å². The van der Waals surface area contributed by atoms with Crippen molar-refractivity contribution in [1.29, 1.82) is 0 Å². The van der Waals surface area contributed by atoms with Crippen molar-refractivity contribution in [3.8, 4) is 0 Å². The summed E-state index contributed by atoms with van der Waals surface area (Å²) in [6.07, 6.45) is 4.41. The molecule has 0 N–H and O–H groups in total. The summed E-state index contributed by atoms with van der Waals surface area (Å²) in [7, 11) is 0. The lowest BCUT2D eigenvalue weighted by atomic mass is 10.0. The van der Waals surface area contributed by atoms with Gasteiger partial charge >= 0.3 is 0 Å². The zero-order valence-corrected chi connectivity index (χ0v) is 15.3. The Morgan fingerprint density at radius 1 is 1.33 bits per heavy atom. The molecule has 1 heterocycles. The second-order valence-electron chi connectivity index (χ2n) is 5.37. The summed E-state index contributed by atoms with van der Waals surface area (Å²) in [5.74, 6) is 0.903. The van der Waals surface area contributed by atoms with Gasteiger partial charge in [-0.3, -0.25) is 0 Å². The van der Waals surface area contributed by atoms with E-state index in [2.05, 4.69) is 35.7 Å². The van der Waals surface area contributed by atoms with Gasteiger partial charge in [0.1, 0.15) is 11.3 Å². The molecule has 0 spiro atoms. The molecule has 2 nitrogen and oxygen atoms in total. The molecule has 1 aromatic carbocycles. The van der Waals surface area contributed by atoms with Crippen molar-refractivity contribution in [3.63, 3.8) is 0 Å².